The maximum Gasteiger partial charge on any atom is 0.328 e. The van der Waals surface area contributed by atoms with Crippen molar-refractivity contribution < 1.29 is 29.3 Å². The van der Waals surface area contributed by atoms with Crippen LogP contribution in [0.25, 0.3) is 0 Å². The van der Waals surface area contributed by atoms with E-state index in [0.717, 1.165) is 25.1 Å². The fraction of sp³-hybridized carbons (Fsp3) is 0.250. The molecule has 1 atom stereocenters. The normalized spacial score (nSPS) is 14.5. The van der Waals surface area contributed by atoms with Crippen LogP contribution in [0.4, 0.5) is 0 Å². The summed E-state index contributed by atoms with van der Waals surface area (Å²) in [6.07, 6.45) is 2.12. The number of esters is 1. The number of nitrogens with zero attached hydrogens (tertiary/aromatic N) is 1. The van der Waals surface area contributed by atoms with Crippen LogP contribution in [0.5, 0.6) is 0 Å². The van der Waals surface area contributed by atoms with Gasteiger partial charge in [0.15, 0.2) is 0 Å². The molecule has 1 aromatic carbocycles. The standard InChI is InChI=1S/C16H17NO2S.C4H4O4/c1-19-16(18)15(12-5-3-2-4-6-12)17-9-7-14-13(11-17)8-10-20-14;5-3(6)1-2-4(7)8/h2-6,8,10,15H,7,9,11H2,1H3;1-2H,(H,5,6)(H,7,8)/b;2-1-/t15-;/m0./s1. The van der Waals surface area contributed by atoms with E-state index in [1.807, 2.05) is 30.3 Å². The zero-order chi connectivity index (χ0) is 20.5. The molecule has 7 nitrogen and oxygen atoms in total. The Hall–Kier alpha value is -2.97. The molecule has 0 spiro atoms. The van der Waals surface area contributed by atoms with Crippen molar-refractivity contribution in [1.82, 2.24) is 4.90 Å². The summed E-state index contributed by atoms with van der Waals surface area (Å²) < 4.78 is 5.01. The number of ether oxygens (including phenoxy) is 1. The van der Waals surface area contributed by atoms with Crippen LogP contribution in [-0.4, -0.2) is 46.7 Å². The van der Waals surface area contributed by atoms with Gasteiger partial charge in [0, 0.05) is 30.1 Å². The highest BCUT2D eigenvalue weighted by molar-refractivity contribution is 7.10. The molecule has 28 heavy (non-hydrogen) atoms. The van der Waals surface area contributed by atoms with E-state index in [1.165, 1.54) is 17.6 Å². The molecule has 0 amide bonds. The van der Waals surface area contributed by atoms with Crippen LogP contribution in [0, 0.1) is 0 Å². The summed E-state index contributed by atoms with van der Waals surface area (Å²) in [5.74, 6) is -2.70. The number of fused-ring (bicyclic) bond motifs is 1. The number of carbonyl (C=O) groups excluding carboxylic acids is 1. The van der Waals surface area contributed by atoms with Gasteiger partial charge in [-0.25, -0.2) is 14.4 Å². The molecule has 1 aliphatic heterocycles. The van der Waals surface area contributed by atoms with Gasteiger partial charge in [-0.1, -0.05) is 30.3 Å². The van der Waals surface area contributed by atoms with E-state index in [9.17, 15) is 14.4 Å². The average Bonchev–Trinajstić information content (AvgIpc) is 3.16. The average molecular weight is 403 g/mol. The van der Waals surface area contributed by atoms with E-state index in [4.69, 9.17) is 14.9 Å². The highest BCUT2D eigenvalue weighted by Gasteiger charge is 2.31. The molecule has 8 heteroatoms. The lowest BCUT2D eigenvalue weighted by molar-refractivity contribution is -0.147. The van der Waals surface area contributed by atoms with Crippen LogP contribution in [0.15, 0.2) is 53.9 Å². The predicted octanol–water partition coefficient (Wildman–Crippen LogP) is 2.73. The van der Waals surface area contributed by atoms with E-state index < -0.39 is 11.9 Å². The van der Waals surface area contributed by atoms with Crippen LogP contribution >= 0.6 is 11.3 Å². The number of rotatable bonds is 5. The maximum absolute atomic E-state index is 12.2. The second-order valence-corrected chi connectivity index (χ2v) is 6.94. The summed E-state index contributed by atoms with van der Waals surface area (Å²) in [4.78, 5) is 35.0. The lowest BCUT2D eigenvalue weighted by Gasteiger charge is -2.33. The molecular formula is C20H21NO6S. The minimum Gasteiger partial charge on any atom is -0.478 e. The number of carboxylic acids is 2. The minimum atomic E-state index is -1.26. The Labute approximate surface area is 166 Å². The molecule has 2 N–H and O–H groups in total. The van der Waals surface area contributed by atoms with Crippen LogP contribution in [0.1, 0.15) is 22.0 Å². The van der Waals surface area contributed by atoms with Crippen molar-refractivity contribution in [2.24, 2.45) is 0 Å². The number of methoxy groups -OCH3 is 1. The van der Waals surface area contributed by atoms with Gasteiger partial charge in [0.1, 0.15) is 6.04 Å². The zero-order valence-electron chi connectivity index (χ0n) is 15.3. The second kappa shape index (κ2) is 10.4. The van der Waals surface area contributed by atoms with E-state index >= 15 is 0 Å². The molecule has 148 valence electrons. The van der Waals surface area contributed by atoms with Crippen molar-refractivity contribution in [2.45, 2.75) is 19.0 Å². The Morgan fingerprint density at radius 2 is 1.75 bits per heavy atom. The molecule has 0 aliphatic carbocycles. The highest BCUT2D eigenvalue weighted by atomic mass is 32.1. The summed E-state index contributed by atoms with van der Waals surface area (Å²) in [7, 11) is 1.46. The third-order valence-corrected chi connectivity index (χ3v) is 5.13. The van der Waals surface area contributed by atoms with Gasteiger partial charge < -0.3 is 14.9 Å². The number of hydrogen-bond donors (Lipinski definition) is 2. The Morgan fingerprint density at radius 1 is 1.11 bits per heavy atom. The molecule has 0 fully saturated rings. The molecule has 0 radical (unpaired) electrons. The van der Waals surface area contributed by atoms with E-state index in [2.05, 4.69) is 16.3 Å². The predicted molar refractivity (Wildman–Crippen MR) is 104 cm³/mol. The van der Waals surface area contributed by atoms with Gasteiger partial charge in [0.25, 0.3) is 0 Å². The molecule has 3 rings (SSSR count). The highest BCUT2D eigenvalue weighted by Crippen LogP contribution is 2.31. The summed E-state index contributed by atoms with van der Waals surface area (Å²) in [6.45, 7) is 1.70. The fourth-order valence-corrected chi connectivity index (χ4v) is 3.77. The largest absolute Gasteiger partial charge is 0.478 e. The van der Waals surface area contributed by atoms with Gasteiger partial charge in [0.2, 0.25) is 0 Å². The van der Waals surface area contributed by atoms with Crippen LogP contribution in [0.3, 0.4) is 0 Å². The van der Waals surface area contributed by atoms with Gasteiger partial charge in [-0.3, -0.25) is 4.90 Å². The molecule has 0 unspecified atom stereocenters. The first-order chi connectivity index (χ1) is 13.4. The van der Waals surface area contributed by atoms with Crippen molar-refractivity contribution in [3.63, 3.8) is 0 Å². The van der Waals surface area contributed by atoms with E-state index in [0.29, 0.717) is 12.2 Å². The quantitative estimate of drug-likeness (QED) is 0.584. The van der Waals surface area contributed by atoms with Crippen LogP contribution < -0.4 is 0 Å². The zero-order valence-corrected chi connectivity index (χ0v) is 16.1. The Balaban J connectivity index is 0.000000300. The lowest BCUT2D eigenvalue weighted by Crippen LogP contribution is -2.38. The van der Waals surface area contributed by atoms with E-state index in [1.54, 1.807) is 11.3 Å². The van der Waals surface area contributed by atoms with Crippen molar-refractivity contribution >= 4 is 29.2 Å². The van der Waals surface area contributed by atoms with Gasteiger partial charge in [-0.2, -0.15) is 0 Å². The second-order valence-electron chi connectivity index (χ2n) is 5.94. The van der Waals surface area contributed by atoms with E-state index in [-0.39, 0.29) is 12.0 Å². The van der Waals surface area contributed by atoms with Crippen molar-refractivity contribution in [1.29, 1.82) is 0 Å². The number of aliphatic carboxylic acids is 2. The number of hydrogen-bond acceptors (Lipinski definition) is 6. The molecule has 0 saturated carbocycles. The van der Waals surface area contributed by atoms with Gasteiger partial charge >= 0.3 is 17.9 Å². The Morgan fingerprint density at radius 3 is 2.32 bits per heavy atom. The Kier molecular flexibility index (Phi) is 7.91. The van der Waals surface area contributed by atoms with Gasteiger partial charge in [-0.15, -0.1) is 11.3 Å². The summed E-state index contributed by atoms with van der Waals surface area (Å²) in [6, 6.07) is 11.7. The summed E-state index contributed by atoms with van der Waals surface area (Å²) in [5.41, 5.74) is 2.34. The number of benzene rings is 1. The number of carboxylic acid groups (broad SMARTS) is 2. The van der Waals surface area contributed by atoms with Gasteiger partial charge in [-0.05, 0) is 29.0 Å². The smallest absolute Gasteiger partial charge is 0.328 e. The molecule has 0 saturated heterocycles. The molecule has 2 aromatic rings. The maximum atomic E-state index is 12.2. The van der Waals surface area contributed by atoms with Crippen LogP contribution in [-0.2, 0) is 32.1 Å². The SMILES string of the molecule is COC(=O)[C@H](c1ccccc1)N1CCc2sccc2C1.O=C(O)/C=C\C(=O)O. The third-order valence-electron chi connectivity index (χ3n) is 4.11. The van der Waals surface area contributed by atoms with Crippen LogP contribution in [0.2, 0.25) is 0 Å². The summed E-state index contributed by atoms with van der Waals surface area (Å²) >= 11 is 1.81. The van der Waals surface area contributed by atoms with Gasteiger partial charge in [0.05, 0.1) is 7.11 Å². The number of carbonyl (C=O) groups is 3. The fourth-order valence-electron chi connectivity index (χ4n) is 2.88. The first-order valence-electron chi connectivity index (χ1n) is 8.48. The first-order valence-corrected chi connectivity index (χ1v) is 9.36. The summed E-state index contributed by atoms with van der Waals surface area (Å²) in [5, 5.41) is 17.8. The number of thiophene rings is 1. The van der Waals surface area contributed by atoms with Crippen molar-refractivity contribution in [3.05, 3.63) is 69.9 Å². The minimum absolute atomic E-state index is 0.185. The van der Waals surface area contributed by atoms with Crippen molar-refractivity contribution in [3.8, 4) is 0 Å². The molecule has 2 heterocycles. The molecular weight excluding hydrogens is 382 g/mol. The molecule has 1 aliphatic rings. The Bertz CT molecular complexity index is 829. The van der Waals surface area contributed by atoms with Crippen molar-refractivity contribution in [2.75, 3.05) is 13.7 Å². The monoisotopic (exact) mass is 403 g/mol. The first kappa shape index (κ1) is 21.3. The third kappa shape index (κ3) is 6.04. The lowest BCUT2D eigenvalue weighted by atomic mass is 10.0. The molecule has 0 bridgehead atoms. The molecule has 1 aromatic heterocycles. The topological polar surface area (TPSA) is 104 Å².